The minimum atomic E-state index is 0.605. The molecule has 4 nitrogen and oxygen atoms in total. The summed E-state index contributed by atoms with van der Waals surface area (Å²) in [5.41, 5.74) is 2.29. The van der Waals surface area contributed by atoms with Gasteiger partial charge in [-0.15, -0.1) is 0 Å². The number of nitrogens with zero attached hydrogens (tertiary/aromatic N) is 1. The maximum atomic E-state index is 5.59. The molecule has 0 aliphatic heterocycles. The van der Waals surface area contributed by atoms with Crippen molar-refractivity contribution in [3.05, 3.63) is 52.3 Å². The smallest absolute Gasteiger partial charge is 0.175 e. The second-order valence-electron chi connectivity index (χ2n) is 4.51. The van der Waals surface area contributed by atoms with Gasteiger partial charge in [-0.3, -0.25) is 4.98 Å². The zero-order valence-corrected chi connectivity index (χ0v) is 13.8. The number of hydrogen-bond acceptors (Lipinski definition) is 4. The van der Waals surface area contributed by atoms with Gasteiger partial charge in [0.05, 0.1) is 18.2 Å². The first-order valence-electron chi connectivity index (χ1n) is 6.83. The second kappa shape index (κ2) is 8.00. The molecule has 0 saturated heterocycles. The molecule has 0 radical (unpaired) electrons. The van der Waals surface area contributed by atoms with E-state index in [-0.39, 0.29) is 0 Å². The molecule has 1 N–H and O–H groups in total. The predicted octanol–water partition coefficient (Wildman–Crippen LogP) is 3.54. The molecular formula is C16H19BrN2O2. The Kier molecular flexibility index (Phi) is 6.02. The second-order valence-corrected chi connectivity index (χ2v) is 5.36. The Morgan fingerprint density at radius 3 is 2.71 bits per heavy atom. The monoisotopic (exact) mass is 350 g/mol. The number of pyridine rings is 1. The highest BCUT2D eigenvalue weighted by atomic mass is 79.9. The highest BCUT2D eigenvalue weighted by molar-refractivity contribution is 9.10. The molecule has 0 aliphatic carbocycles. The summed E-state index contributed by atoms with van der Waals surface area (Å²) in [4.78, 5) is 4.10. The number of aromatic nitrogens is 1. The van der Waals surface area contributed by atoms with Crippen LogP contribution in [0.1, 0.15) is 18.1 Å². The summed E-state index contributed by atoms with van der Waals surface area (Å²) in [6.45, 7) is 4.08. The summed E-state index contributed by atoms with van der Waals surface area (Å²) >= 11 is 3.53. The van der Waals surface area contributed by atoms with Gasteiger partial charge in [0.25, 0.3) is 0 Å². The van der Waals surface area contributed by atoms with Crippen molar-refractivity contribution in [1.82, 2.24) is 10.3 Å². The lowest BCUT2D eigenvalue weighted by molar-refractivity contribution is 0.308. The Morgan fingerprint density at radius 1 is 1.24 bits per heavy atom. The molecule has 1 aromatic carbocycles. The first kappa shape index (κ1) is 15.8. The number of benzene rings is 1. The number of methoxy groups -OCH3 is 1. The number of rotatable bonds is 7. The number of ether oxygens (including phenoxy) is 2. The SMILES string of the molecule is CCOc1c(Br)cc(CNCc2cccnc2)cc1OC. The van der Waals surface area contributed by atoms with Crippen molar-refractivity contribution in [2.45, 2.75) is 20.0 Å². The molecule has 2 aromatic rings. The summed E-state index contributed by atoms with van der Waals surface area (Å²) < 4.78 is 11.9. The van der Waals surface area contributed by atoms with E-state index >= 15 is 0 Å². The van der Waals surface area contributed by atoms with Crippen LogP contribution >= 0.6 is 15.9 Å². The third-order valence-electron chi connectivity index (χ3n) is 2.96. The number of halogens is 1. The zero-order valence-electron chi connectivity index (χ0n) is 12.2. The van der Waals surface area contributed by atoms with Crippen LogP contribution in [0.2, 0.25) is 0 Å². The van der Waals surface area contributed by atoms with Crippen LogP contribution in [0.3, 0.4) is 0 Å². The lowest BCUT2D eigenvalue weighted by Crippen LogP contribution is -2.13. The van der Waals surface area contributed by atoms with E-state index in [2.05, 4.69) is 32.3 Å². The molecule has 0 amide bonds. The van der Waals surface area contributed by atoms with E-state index in [9.17, 15) is 0 Å². The van der Waals surface area contributed by atoms with Gasteiger partial charge in [-0.2, -0.15) is 0 Å². The molecule has 0 fully saturated rings. The van der Waals surface area contributed by atoms with Crippen LogP contribution < -0.4 is 14.8 Å². The third-order valence-corrected chi connectivity index (χ3v) is 3.55. The van der Waals surface area contributed by atoms with Crippen LogP contribution in [0, 0.1) is 0 Å². The van der Waals surface area contributed by atoms with E-state index in [4.69, 9.17) is 9.47 Å². The van der Waals surface area contributed by atoms with E-state index in [0.717, 1.165) is 40.2 Å². The summed E-state index contributed by atoms with van der Waals surface area (Å²) in [6.07, 6.45) is 3.64. The number of nitrogens with one attached hydrogen (secondary N) is 1. The summed E-state index contributed by atoms with van der Waals surface area (Å²) in [6, 6.07) is 8.03. The average molecular weight is 351 g/mol. The Labute approximate surface area is 133 Å². The topological polar surface area (TPSA) is 43.4 Å². The Balaban J connectivity index is 2.02. The van der Waals surface area contributed by atoms with Gasteiger partial charge in [-0.05, 0) is 52.2 Å². The third kappa shape index (κ3) is 4.44. The van der Waals surface area contributed by atoms with E-state index in [0.29, 0.717) is 6.61 Å². The normalized spacial score (nSPS) is 10.4. The fourth-order valence-corrected chi connectivity index (χ4v) is 2.62. The maximum Gasteiger partial charge on any atom is 0.175 e. The molecule has 0 aliphatic rings. The van der Waals surface area contributed by atoms with Crippen molar-refractivity contribution in [1.29, 1.82) is 0 Å². The predicted molar refractivity (Wildman–Crippen MR) is 86.6 cm³/mol. The van der Waals surface area contributed by atoms with Crippen molar-refractivity contribution < 1.29 is 9.47 Å². The van der Waals surface area contributed by atoms with Gasteiger partial charge in [-0.25, -0.2) is 0 Å². The van der Waals surface area contributed by atoms with Gasteiger partial charge in [0.2, 0.25) is 0 Å². The van der Waals surface area contributed by atoms with Crippen molar-refractivity contribution in [2.75, 3.05) is 13.7 Å². The molecule has 0 atom stereocenters. The highest BCUT2D eigenvalue weighted by Gasteiger charge is 2.11. The van der Waals surface area contributed by atoms with E-state index < -0.39 is 0 Å². The van der Waals surface area contributed by atoms with Crippen molar-refractivity contribution >= 4 is 15.9 Å². The van der Waals surface area contributed by atoms with E-state index in [1.54, 1.807) is 13.3 Å². The molecule has 1 heterocycles. The van der Waals surface area contributed by atoms with Crippen LogP contribution in [0.4, 0.5) is 0 Å². The van der Waals surface area contributed by atoms with Crippen LogP contribution in [-0.2, 0) is 13.1 Å². The summed E-state index contributed by atoms with van der Waals surface area (Å²) in [7, 11) is 1.65. The number of hydrogen-bond donors (Lipinski definition) is 1. The summed E-state index contributed by atoms with van der Waals surface area (Å²) in [5, 5.41) is 3.39. The van der Waals surface area contributed by atoms with Crippen molar-refractivity contribution in [3.8, 4) is 11.5 Å². The van der Waals surface area contributed by atoms with E-state index in [1.807, 2.05) is 31.3 Å². The average Bonchev–Trinajstić information content (AvgIpc) is 2.51. The Hall–Kier alpha value is -1.59. The molecular weight excluding hydrogens is 332 g/mol. The zero-order chi connectivity index (χ0) is 15.1. The van der Waals surface area contributed by atoms with Crippen LogP contribution in [0.5, 0.6) is 11.5 Å². The standard InChI is InChI=1S/C16H19BrN2O2/c1-3-21-16-14(17)7-13(8-15(16)20-2)11-19-10-12-5-4-6-18-9-12/h4-9,19H,3,10-11H2,1-2H3. The molecule has 0 bridgehead atoms. The fourth-order valence-electron chi connectivity index (χ4n) is 2.01. The van der Waals surface area contributed by atoms with Gasteiger partial charge in [0, 0.05) is 25.5 Å². The largest absolute Gasteiger partial charge is 0.493 e. The first-order valence-corrected chi connectivity index (χ1v) is 7.62. The van der Waals surface area contributed by atoms with Gasteiger partial charge >= 0.3 is 0 Å². The van der Waals surface area contributed by atoms with Crippen LogP contribution in [0.15, 0.2) is 41.1 Å². The molecule has 0 unspecified atom stereocenters. The van der Waals surface area contributed by atoms with Gasteiger partial charge in [0.15, 0.2) is 11.5 Å². The molecule has 1 aromatic heterocycles. The van der Waals surface area contributed by atoms with Gasteiger partial charge < -0.3 is 14.8 Å². The minimum Gasteiger partial charge on any atom is -0.493 e. The Bertz CT molecular complexity index is 576. The van der Waals surface area contributed by atoms with Crippen LogP contribution in [0.25, 0.3) is 0 Å². The summed E-state index contributed by atoms with van der Waals surface area (Å²) in [5.74, 6) is 1.49. The maximum absolute atomic E-state index is 5.59. The van der Waals surface area contributed by atoms with E-state index in [1.165, 1.54) is 0 Å². The first-order chi connectivity index (χ1) is 10.2. The fraction of sp³-hybridized carbons (Fsp3) is 0.312. The molecule has 2 rings (SSSR count). The highest BCUT2D eigenvalue weighted by Crippen LogP contribution is 2.36. The molecule has 0 spiro atoms. The van der Waals surface area contributed by atoms with Crippen LogP contribution in [-0.4, -0.2) is 18.7 Å². The lowest BCUT2D eigenvalue weighted by atomic mass is 10.2. The van der Waals surface area contributed by atoms with Crippen molar-refractivity contribution in [2.24, 2.45) is 0 Å². The molecule has 112 valence electrons. The van der Waals surface area contributed by atoms with Gasteiger partial charge in [-0.1, -0.05) is 6.07 Å². The molecule has 0 saturated carbocycles. The molecule has 5 heteroatoms. The molecule has 21 heavy (non-hydrogen) atoms. The quantitative estimate of drug-likeness (QED) is 0.829. The lowest BCUT2D eigenvalue weighted by Gasteiger charge is -2.13. The van der Waals surface area contributed by atoms with Gasteiger partial charge in [0.1, 0.15) is 0 Å². The van der Waals surface area contributed by atoms with Crippen molar-refractivity contribution in [3.63, 3.8) is 0 Å². The Morgan fingerprint density at radius 2 is 2.05 bits per heavy atom. The minimum absolute atomic E-state index is 0.605.